The van der Waals surface area contributed by atoms with E-state index in [9.17, 15) is 4.39 Å². The molecule has 0 aromatic heterocycles. The van der Waals surface area contributed by atoms with Gasteiger partial charge < -0.3 is 10.4 Å². The Morgan fingerprint density at radius 3 is 2.68 bits per heavy atom. The molecule has 2 nitrogen and oxygen atoms in total. The summed E-state index contributed by atoms with van der Waals surface area (Å²) >= 11 is 0. The molecule has 0 spiro atoms. The first-order valence-corrected chi connectivity index (χ1v) is 7.22. The minimum atomic E-state index is -0.144. The van der Waals surface area contributed by atoms with Gasteiger partial charge in [0.2, 0.25) is 0 Å². The average Bonchev–Trinajstić information content (AvgIpc) is 2.31. The van der Waals surface area contributed by atoms with E-state index in [1.165, 1.54) is 6.07 Å². The number of hydrogen-bond donors (Lipinski definition) is 2. The van der Waals surface area contributed by atoms with E-state index in [0.29, 0.717) is 23.9 Å². The standard InChI is InChI=1S/C16H24FNO/c1-11(2)16(6-7-19)18-15-9-13(10-15)12-4-3-5-14(17)8-12/h3-5,8,11,13,15-16,18-19H,6-7,9-10H2,1-2H3. The third-order valence-electron chi connectivity index (χ3n) is 4.15. The summed E-state index contributed by atoms with van der Waals surface area (Å²) in [6, 6.07) is 7.82. The summed E-state index contributed by atoms with van der Waals surface area (Å²) in [7, 11) is 0. The number of aliphatic hydroxyl groups is 1. The highest BCUT2D eigenvalue weighted by atomic mass is 19.1. The first-order valence-electron chi connectivity index (χ1n) is 7.22. The Hall–Kier alpha value is -0.930. The zero-order valence-electron chi connectivity index (χ0n) is 11.8. The van der Waals surface area contributed by atoms with Crippen molar-refractivity contribution < 1.29 is 9.50 Å². The van der Waals surface area contributed by atoms with E-state index in [1.807, 2.05) is 6.07 Å². The van der Waals surface area contributed by atoms with Gasteiger partial charge in [-0.3, -0.25) is 0 Å². The summed E-state index contributed by atoms with van der Waals surface area (Å²) in [5.74, 6) is 0.866. The van der Waals surface area contributed by atoms with Crippen molar-refractivity contribution in [3.63, 3.8) is 0 Å². The molecular formula is C16H24FNO. The predicted octanol–water partition coefficient (Wildman–Crippen LogP) is 3.07. The molecule has 19 heavy (non-hydrogen) atoms. The molecule has 1 atom stereocenters. The number of rotatable bonds is 6. The first kappa shape index (κ1) is 14.5. The zero-order valence-corrected chi connectivity index (χ0v) is 11.8. The molecule has 1 saturated carbocycles. The maximum absolute atomic E-state index is 13.2. The number of aliphatic hydroxyl groups excluding tert-OH is 1. The summed E-state index contributed by atoms with van der Waals surface area (Å²) in [5.41, 5.74) is 1.11. The second-order valence-electron chi connectivity index (χ2n) is 5.95. The van der Waals surface area contributed by atoms with Crippen molar-refractivity contribution in [2.24, 2.45) is 5.92 Å². The highest BCUT2D eigenvalue weighted by Gasteiger charge is 2.32. The summed E-state index contributed by atoms with van der Waals surface area (Å²) in [4.78, 5) is 0. The average molecular weight is 265 g/mol. The highest BCUT2D eigenvalue weighted by molar-refractivity contribution is 5.23. The minimum Gasteiger partial charge on any atom is -0.396 e. The van der Waals surface area contributed by atoms with Crippen LogP contribution in [0.15, 0.2) is 24.3 Å². The molecule has 1 unspecified atom stereocenters. The van der Waals surface area contributed by atoms with Gasteiger partial charge in [0.15, 0.2) is 0 Å². The second-order valence-corrected chi connectivity index (χ2v) is 5.95. The molecule has 0 saturated heterocycles. The molecular weight excluding hydrogens is 241 g/mol. The van der Waals surface area contributed by atoms with Crippen molar-refractivity contribution in [2.45, 2.75) is 51.1 Å². The molecule has 2 N–H and O–H groups in total. The lowest BCUT2D eigenvalue weighted by molar-refractivity contribution is 0.199. The van der Waals surface area contributed by atoms with Crippen LogP contribution in [0.3, 0.4) is 0 Å². The van der Waals surface area contributed by atoms with Crippen LogP contribution in [0.4, 0.5) is 4.39 Å². The molecule has 0 radical (unpaired) electrons. The number of nitrogens with one attached hydrogen (secondary N) is 1. The molecule has 0 bridgehead atoms. The third kappa shape index (κ3) is 3.77. The van der Waals surface area contributed by atoms with Crippen LogP contribution in [0, 0.1) is 11.7 Å². The van der Waals surface area contributed by atoms with Gasteiger partial charge in [-0.05, 0) is 48.8 Å². The Balaban J connectivity index is 1.82. The lowest BCUT2D eigenvalue weighted by atomic mass is 9.75. The van der Waals surface area contributed by atoms with Crippen molar-refractivity contribution in [1.29, 1.82) is 0 Å². The largest absolute Gasteiger partial charge is 0.396 e. The number of hydrogen-bond acceptors (Lipinski definition) is 2. The van der Waals surface area contributed by atoms with Crippen LogP contribution in [-0.2, 0) is 0 Å². The molecule has 1 aromatic rings. The lowest BCUT2D eigenvalue weighted by Gasteiger charge is -2.39. The van der Waals surface area contributed by atoms with Crippen LogP contribution in [0.2, 0.25) is 0 Å². The SMILES string of the molecule is CC(C)C(CCO)NC1CC(c2cccc(F)c2)C1. The zero-order chi connectivity index (χ0) is 13.8. The van der Waals surface area contributed by atoms with Crippen molar-refractivity contribution in [3.8, 4) is 0 Å². The van der Waals surface area contributed by atoms with Crippen molar-refractivity contribution in [1.82, 2.24) is 5.32 Å². The summed E-state index contributed by atoms with van der Waals surface area (Å²) in [6.07, 6.45) is 2.94. The third-order valence-corrected chi connectivity index (χ3v) is 4.15. The molecule has 1 aromatic carbocycles. The summed E-state index contributed by atoms with van der Waals surface area (Å²) in [5, 5.41) is 12.7. The van der Waals surface area contributed by atoms with E-state index in [4.69, 9.17) is 5.11 Å². The monoisotopic (exact) mass is 265 g/mol. The molecule has 0 amide bonds. The van der Waals surface area contributed by atoms with E-state index in [2.05, 4.69) is 19.2 Å². The van der Waals surface area contributed by atoms with Gasteiger partial charge in [-0.2, -0.15) is 0 Å². The molecule has 3 heteroatoms. The predicted molar refractivity (Wildman–Crippen MR) is 75.6 cm³/mol. The second kappa shape index (κ2) is 6.49. The van der Waals surface area contributed by atoms with Crippen molar-refractivity contribution >= 4 is 0 Å². The molecule has 1 aliphatic carbocycles. The fourth-order valence-corrected chi connectivity index (χ4v) is 2.84. The van der Waals surface area contributed by atoms with Gasteiger partial charge in [0.05, 0.1) is 0 Å². The molecule has 1 aliphatic rings. The molecule has 106 valence electrons. The van der Waals surface area contributed by atoms with Gasteiger partial charge in [-0.25, -0.2) is 4.39 Å². The Kier molecular flexibility index (Phi) is 4.94. The van der Waals surface area contributed by atoms with Gasteiger partial charge in [0.25, 0.3) is 0 Å². The number of benzene rings is 1. The quantitative estimate of drug-likeness (QED) is 0.828. The van der Waals surface area contributed by atoms with Gasteiger partial charge in [0.1, 0.15) is 5.82 Å². The van der Waals surface area contributed by atoms with Crippen LogP contribution in [0.5, 0.6) is 0 Å². The maximum atomic E-state index is 13.2. The Labute approximate surface area is 115 Å². The van der Waals surface area contributed by atoms with Crippen LogP contribution >= 0.6 is 0 Å². The van der Waals surface area contributed by atoms with Crippen molar-refractivity contribution in [3.05, 3.63) is 35.6 Å². The van der Waals surface area contributed by atoms with E-state index in [-0.39, 0.29) is 12.4 Å². The van der Waals surface area contributed by atoms with Crippen LogP contribution in [0.25, 0.3) is 0 Å². The topological polar surface area (TPSA) is 32.3 Å². The molecule has 1 fully saturated rings. The summed E-state index contributed by atoms with van der Waals surface area (Å²) in [6.45, 7) is 4.59. The Morgan fingerprint density at radius 2 is 2.11 bits per heavy atom. The smallest absolute Gasteiger partial charge is 0.123 e. The minimum absolute atomic E-state index is 0.144. The maximum Gasteiger partial charge on any atom is 0.123 e. The molecule has 2 rings (SSSR count). The lowest BCUT2D eigenvalue weighted by Crippen LogP contribution is -2.47. The van der Waals surface area contributed by atoms with Gasteiger partial charge in [-0.1, -0.05) is 26.0 Å². The van der Waals surface area contributed by atoms with Crippen LogP contribution < -0.4 is 5.32 Å². The normalized spacial score (nSPS) is 24.3. The number of halogens is 1. The fraction of sp³-hybridized carbons (Fsp3) is 0.625. The molecule has 0 aliphatic heterocycles. The van der Waals surface area contributed by atoms with E-state index < -0.39 is 0 Å². The van der Waals surface area contributed by atoms with Gasteiger partial charge in [-0.15, -0.1) is 0 Å². The summed E-state index contributed by atoms with van der Waals surface area (Å²) < 4.78 is 13.2. The Bertz CT molecular complexity index is 401. The highest BCUT2D eigenvalue weighted by Crippen LogP contribution is 2.37. The first-order chi connectivity index (χ1) is 9.10. The van der Waals surface area contributed by atoms with Crippen molar-refractivity contribution in [2.75, 3.05) is 6.61 Å². The van der Waals surface area contributed by atoms with E-state index >= 15 is 0 Å². The van der Waals surface area contributed by atoms with Gasteiger partial charge >= 0.3 is 0 Å². The molecule has 0 heterocycles. The van der Waals surface area contributed by atoms with Crippen LogP contribution in [-0.4, -0.2) is 23.8 Å². The van der Waals surface area contributed by atoms with Gasteiger partial charge in [0, 0.05) is 18.7 Å². The Morgan fingerprint density at radius 1 is 1.37 bits per heavy atom. The van der Waals surface area contributed by atoms with E-state index in [1.54, 1.807) is 12.1 Å². The van der Waals surface area contributed by atoms with E-state index in [0.717, 1.165) is 24.8 Å². The van der Waals surface area contributed by atoms with Crippen LogP contribution in [0.1, 0.15) is 44.6 Å². The fourth-order valence-electron chi connectivity index (χ4n) is 2.84.